The van der Waals surface area contributed by atoms with E-state index in [0.29, 0.717) is 11.3 Å². The number of carboxylic acid groups (broad SMARTS) is 1. The third kappa shape index (κ3) is 4.37. The summed E-state index contributed by atoms with van der Waals surface area (Å²) >= 11 is 0. The van der Waals surface area contributed by atoms with Gasteiger partial charge < -0.3 is 19.6 Å². The molecule has 2 rings (SSSR count). The lowest BCUT2D eigenvalue weighted by Crippen LogP contribution is -2.30. The Labute approximate surface area is 127 Å². The fourth-order valence-electron chi connectivity index (χ4n) is 2.08. The minimum atomic E-state index is -1.02. The van der Waals surface area contributed by atoms with E-state index in [4.69, 9.17) is 14.3 Å². The molecule has 116 valence electrons. The minimum Gasteiger partial charge on any atom is -0.481 e. The second-order valence-electron chi connectivity index (χ2n) is 4.79. The van der Waals surface area contributed by atoms with Crippen LogP contribution in [0.25, 0.3) is 0 Å². The second kappa shape index (κ2) is 7.31. The number of hydrogen-bond donors (Lipinski definition) is 2. The van der Waals surface area contributed by atoms with Crippen LogP contribution in [0.5, 0.6) is 0 Å². The zero-order valence-electron chi connectivity index (χ0n) is 12.1. The van der Waals surface area contributed by atoms with Gasteiger partial charge in [0, 0.05) is 5.56 Å². The normalized spacial score (nSPS) is 11.7. The average Bonchev–Trinajstić information content (AvgIpc) is 2.91. The first-order chi connectivity index (χ1) is 10.6. The number of carbonyl (C=O) groups excluding carboxylic acids is 1. The highest BCUT2D eigenvalue weighted by molar-refractivity contribution is 5.72. The van der Waals surface area contributed by atoms with E-state index >= 15 is 0 Å². The van der Waals surface area contributed by atoms with Crippen LogP contribution in [0.1, 0.15) is 29.3 Å². The number of ether oxygens (including phenoxy) is 1. The van der Waals surface area contributed by atoms with Gasteiger partial charge in [-0.3, -0.25) is 4.79 Å². The van der Waals surface area contributed by atoms with Gasteiger partial charge in [-0.05, 0) is 18.6 Å². The van der Waals surface area contributed by atoms with Crippen LogP contribution in [0.2, 0.25) is 0 Å². The summed E-state index contributed by atoms with van der Waals surface area (Å²) in [7, 11) is 0. The van der Waals surface area contributed by atoms with Crippen LogP contribution >= 0.6 is 0 Å². The van der Waals surface area contributed by atoms with Gasteiger partial charge in [0.2, 0.25) is 0 Å². The Kier molecular flexibility index (Phi) is 5.19. The van der Waals surface area contributed by atoms with Gasteiger partial charge in [0.05, 0.1) is 18.7 Å². The molecule has 1 heterocycles. The number of aryl methyl sites for hydroxylation is 1. The molecule has 0 saturated heterocycles. The molecule has 1 aromatic heterocycles. The van der Waals surface area contributed by atoms with Gasteiger partial charge in [0.25, 0.3) is 0 Å². The molecular weight excluding hydrogens is 286 g/mol. The van der Waals surface area contributed by atoms with E-state index in [2.05, 4.69) is 5.32 Å². The Morgan fingerprint density at radius 1 is 1.27 bits per heavy atom. The number of furan rings is 1. The van der Waals surface area contributed by atoms with E-state index in [1.54, 1.807) is 13.0 Å². The smallest absolute Gasteiger partial charge is 0.407 e. The molecule has 1 unspecified atom stereocenters. The van der Waals surface area contributed by atoms with Crippen molar-refractivity contribution in [2.24, 2.45) is 0 Å². The molecule has 1 amide bonds. The van der Waals surface area contributed by atoms with Crippen LogP contribution in [0.4, 0.5) is 4.79 Å². The number of hydrogen-bond acceptors (Lipinski definition) is 4. The van der Waals surface area contributed by atoms with Gasteiger partial charge in [-0.25, -0.2) is 4.79 Å². The highest BCUT2D eigenvalue weighted by atomic mass is 16.5. The Morgan fingerprint density at radius 3 is 2.59 bits per heavy atom. The third-order valence-corrected chi connectivity index (χ3v) is 3.16. The Morgan fingerprint density at radius 2 is 2.00 bits per heavy atom. The maximum Gasteiger partial charge on any atom is 0.407 e. The number of carboxylic acids is 1. The Hall–Kier alpha value is -2.76. The van der Waals surface area contributed by atoms with Crippen molar-refractivity contribution < 1.29 is 23.8 Å². The second-order valence-corrected chi connectivity index (χ2v) is 4.79. The quantitative estimate of drug-likeness (QED) is 0.856. The number of aliphatic carboxylic acids is 1. The van der Waals surface area contributed by atoms with Gasteiger partial charge in [0.1, 0.15) is 12.4 Å². The van der Waals surface area contributed by atoms with Crippen LogP contribution < -0.4 is 5.32 Å². The van der Waals surface area contributed by atoms with Crippen molar-refractivity contribution >= 4 is 12.1 Å². The highest BCUT2D eigenvalue weighted by Gasteiger charge is 2.21. The fraction of sp³-hybridized carbons (Fsp3) is 0.250. The zero-order chi connectivity index (χ0) is 15.9. The average molecular weight is 303 g/mol. The van der Waals surface area contributed by atoms with Crippen molar-refractivity contribution in [2.75, 3.05) is 0 Å². The number of alkyl carbamates (subject to hydrolysis) is 1. The molecule has 0 bridgehead atoms. The summed E-state index contributed by atoms with van der Waals surface area (Å²) in [6.45, 7) is 1.83. The van der Waals surface area contributed by atoms with Crippen molar-refractivity contribution in [3.8, 4) is 0 Å². The molecule has 0 spiro atoms. The van der Waals surface area contributed by atoms with Crippen molar-refractivity contribution in [2.45, 2.75) is 26.0 Å². The lowest BCUT2D eigenvalue weighted by Gasteiger charge is -2.16. The zero-order valence-corrected chi connectivity index (χ0v) is 12.1. The molecule has 1 atom stereocenters. The van der Waals surface area contributed by atoms with Crippen LogP contribution in [0.15, 0.2) is 47.1 Å². The van der Waals surface area contributed by atoms with Gasteiger partial charge >= 0.3 is 12.1 Å². The van der Waals surface area contributed by atoms with E-state index in [-0.39, 0.29) is 13.0 Å². The molecule has 6 heteroatoms. The molecule has 0 aliphatic carbocycles. The topological polar surface area (TPSA) is 88.8 Å². The molecule has 6 nitrogen and oxygen atoms in total. The molecule has 0 radical (unpaired) electrons. The predicted molar refractivity (Wildman–Crippen MR) is 78.2 cm³/mol. The Balaban J connectivity index is 1.96. The molecule has 22 heavy (non-hydrogen) atoms. The summed E-state index contributed by atoms with van der Waals surface area (Å²) in [6.07, 6.45) is 0.535. The molecule has 0 fully saturated rings. The predicted octanol–water partition coefficient (Wildman–Crippen LogP) is 3.03. The van der Waals surface area contributed by atoms with E-state index in [1.165, 1.54) is 6.26 Å². The molecule has 0 saturated carbocycles. The molecule has 2 N–H and O–H groups in total. The Bertz CT molecular complexity index is 635. The highest BCUT2D eigenvalue weighted by Crippen LogP contribution is 2.22. The van der Waals surface area contributed by atoms with Crippen molar-refractivity contribution in [3.63, 3.8) is 0 Å². The number of benzene rings is 1. The summed E-state index contributed by atoms with van der Waals surface area (Å²) in [4.78, 5) is 22.8. The monoisotopic (exact) mass is 303 g/mol. The number of carbonyl (C=O) groups is 2. The summed E-state index contributed by atoms with van der Waals surface area (Å²) in [5.41, 5.74) is 1.48. The molecule has 0 aliphatic heterocycles. The number of rotatable bonds is 6. The van der Waals surface area contributed by atoms with E-state index in [1.807, 2.05) is 30.3 Å². The van der Waals surface area contributed by atoms with Crippen LogP contribution in [0.3, 0.4) is 0 Å². The largest absolute Gasteiger partial charge is 0.481 e. The first-order valence-corrected chi connectivity index (χ1v) is 6.79. The first-order valence-electron chi connectivity index (χ1n) is 6.79. The maximum absolute atomic E-state index is 11.9. The van der Waals surface area contributed by atoms with Crippen LogP contribution in [-0.2, 0) is 16.1 Å². The maximum atomic E-state index is 11.9. The first kappa shape index (κ1) is 15.6. The standard InChI is InChI=1S/C16H17NO5/c1-11-13(7-8-21-11)14(9-15(18)19)17-16(20)22-10-12-5-3-2-4-6-12/h2-8,14H,9-10H2,1H3,(H,17,20)(H,18,19). The summed E-state index contributed by atoms with van der Waals surface area (Å²) in [5, 5.41) is 11.5. The van der Waals surface area contributed by atoms with Crippen molar-refractivity contribution in [1.29, 1.82) is 0 Å². The van der Waals surface area contributed by atoms with Gasteiger partial charge in [-0.15, -0.1) is 0 Å². The minimum absolute atomic E-state index is 0.122. The summed E-state index contributed by atoms with van der Waals surface area (Å²) in [6, 6.07) is 10.2. The summed E-state index contributed by atoms with van der Waals surface area (Å²) in [5.74, 6) is -0.455. The SMILES string of the molecule is Cc1occc1C(CC(=O)O)NC(=O)OCc1ccccc1. The number of amides is 1. The van der Waals surface area contributed by atoms with Crippen molar-refractivity contribution in [3.05, 3.63) is 59.5 Å². The molecular formula is C16H17NO5. The van der Waals surface area contributed by atoms with Gasteiger partial charge in [-0.2, -0.15) is 0 Å². The lowest BCUT2D eigenvalue weighted by atomic mass is 10.1. The lowest BCUT2D eigenvalue weighted by molar-refractivity contribution is -0.137. The van der Waals surface area contributed by atoms with Crippen LogP contribution in [0, 0.1) is 6.92 Å². The van der Waals surface area contributed by atoms with Crippen LogP contribution in [-0.4, -0.2) is 17.2 Å². The van der Waals surface area contributed by atoms with E-state index < -0.39 is 18.1 Å². The molecule has 2 aromatic rings. The van der Waals surface area contributed by atoms with Crippen molar-refractivity contribution in [1.82, 2.24) is 5.32 Å². The van der Waals surface area contributed by atoms with E-state index in [9.17, 15) is 9.59 Å². The fourth-order valence-corrected chi connectivity index (χ4v) is 2.08. The van der Waals surface area contributed by atoms with Gasteiger partial charge in [-0.1, -0.05) is 30.3 Å². The third-order valence-electron chi connectivity index (χ3n) is 3.16. The molecule has 1 aromatic carbocycles. The van der Waals surface area contributed by atoms with Gasteiger partial charge in [0.15, 0.2) is 0 Å². The summed E-state index contributed by atoms with van der Waals surface area (Å²) < 4.78 is 10.3. The van der Waals surface area contributed by atoms with E-state index in [0.717, 1.165) is 5.56 Å². The number of nitrogens with one attached hydrogen (secondary N) is 1. The molecule has 0 aliphatic rings.